The maximum atomic E-state index is 11.7. The Bertz CT molecular complexity index is 539. The van der Waals surface area contributed by atoms with Gasteiger partial charge >= 0.3 is 12.0 Å². The Hall–Kier alpha value is -1.77. The number of rotatable bonds is 6. The number of fused-ring (bicyclic) bond motifs is 1. The lowest BCUT2D eigenvalue weighted by Crippen LogP contribution is -2.44. The van der Waals surface area contributed by atoms with Gasteiger partial charge in [-0.25, -0.2) is 9.59 Å². The van der Waals surface area contributed by atoms with Crippen LogP contribution in [0.4, 0.5) is 4.79 Å². The van der Waals surface area contributed by atoms with Gasteiger partial charge in [-0.05, 0) is 19.3 Å². The second-order valence-corrected chi connectivity index (χ2v) is 7.34. The number of urea groups is 1. The second-order valence-electron chi connectivity index (χ2n) is 6.06. The third kappa shape index (κ3) is 3.15. The van der Waals surface area contributed by atoms with Gasteiger partial charge in [0.25, 0.3) is 0 Å². The topological polar surface area (TPSA) is 116 Å². The number of likely N-dealkylation sites (tertiary alicyclic amines) is 1. The molecule has 0 aliphatic carbocycles. The fourth-order valence-corrected chi connectivity index (χ4v) is 5.00. The number of carbonyl (C=O) groups is 4. The molecule has 23 heavy (non-hydrogen) atoms. The molecule has 0 spiro atoms. The summed E-state index contributed by atoms with van der Waals surface area (Å²) >= 11 is 1.76. The molecule has 0 aromatic rings. The van der Waals surface area contributed by atoms with Crippen LogP contribution < -0.4 is 10.6 Å². The maximum absolute atomic E-state index is 11.7. The van der Waals surface area contributed by atoms with E-state index in [9.17, 15) is 24.3 Å². The first-order valence-corrected chi connectivity index (χ1v) is 8.78. The van der Waals surface area contributed by atoms with Crippen molar-refractivity contribution in [2.24, 2.45) is 0 Å². The molecule has 3 fully saturated rings. The standard InChI is InChI=1S/C14H19N3O5S/c18-10-4-5-11(19)17(10)8(13(20)21)2-1-3-9-12-7(6-23-9)15-14(22)16-12/h7-9,12H,1-6H2,(H,20,21)(H2,15,16,22)/t7-,8?,9?,12-/m0/s1. The minimum absolute atomic E-state index is 0.0748. The van der Waals surface area contributed by atoms with Crippen molar-refractivity contribution in [3.05, 3.63) is 0 Å². The zero-order valence-electron chi connectivity index (χ0n) is 12.5. The molecule has 4 atom stereocenters. The van der Waals surface area contributed by atoms with Crippen LogP contribution in [0.25, 0.3) is 0 Å². The van der Waals surface area contributed by atoms with E-state index in [2.05, 4.69) is 10.6 Å². The summed E-state index contributed by atoms with van der Waals surface area (Å²) in [6, 6.07) is -1.02. The average Bonchev–Trinajstić information content (AvgIpc) is 3.12. The van der Waals surface area contributed by atoms with Crippen LogP contribution in [-0.2, 0) is 14.4 Å². The van der Waals surface area contributed by atoms with E-state index in [1.807, 2.05) is 0 Å². The zero-order valence-corrected chi connectivity index (χ0v) is 13.3. The van der Waals surface area contributed by atoms with Crippen molar-refractivity contribution in [1.29, 1.82) is 0 Å². The van der Waals surface area contributed by atoms with Crippen LogP contribution in [0.15, 0.2) is 0 Å². The maximum Gasteiger partial charge on any atom is 0.326 e. The Morgan fingerprint density at radius 3 is 2.61 bits per heavy atom. The molecule has 3 aliphatic rings. The SMILES string of the molecule is O=C1N[C@H]2CSC(CCCC(C(=O)O)N3C(=O)CCC3=O)[C@H]2N1. The molecule has 4 amide bonds. The Kier molecular flexibility index (Phi) is 4.47. The fourth-order valence-electron chi connectivity index (χ4n) is 3.46. The second kappa shape index (κ2) is 6.38. The normalized spacial score (nSPS) is 31.0. The number of imide groups is 1. The Balaban J connectivity index is 1.54. The molecular weight excluding hydrogens is 322 g/mol. The Morgan fingerprint density at radius 2 is 1.96 bits per heavy atom. The first-order valence-electron chi connectivity index (χ1n) is 7.73. The first-order chi connectivity index (χ1) is 11.0. The Morgan fingerprint density at radius 1 is 1.26 bits per heavy atom. The van der Waals surface area contributed by atoms with Gasteiger partial charge in [0.05, 0.1) is 12.1 Å². The van der Waals surface area contributed by atoms with Gasteiger partial charge in [-0.1, -0.05) is 0 Å². The molecule has 8 nitrogen and oxygen atoms in total. The minimum atomic E-state index is -1.14. The number of carbonyl (C=O) groups excluding carboxylic acids is 3. The molecule has 3 N–H and O–H groups in total. The van der Waals surface area contributed by atoms with Gasteiger partial charge in [-0.15, -0.1) is 0 Å². The highest BCUT2D eigenvalue weighted by atomic mass is 32.2. The molecule has 0 radical (unpaired) electrons. The summed E-state index contributed by atoms with van der Waals surface area (Å²) in [5, 5.41) is 15.3. The molecule has 126 valence electrons. The number of hydrogen-bond acceptors (Lipinski definition) is 5. The monoisotopic (exact) mass is 341 g/mol. The summed E-state index contributed by atoms with van der Waals surface area (Å²) < 4.78 is 0. The van der Waals surface area contributed by atoms with Crippen LogP contribution in [0.2, 0.25) is 0 Å². The molecule has 0 aromatic carbocycles. The lowest BCUT2D eigenvalue weighted by atomic mass is 10.0. The van der Waals surface area contributed by atoms with E-state index in [0.29, 0.717) is 6.42 Å². The zero-order chi connectivity index (χ0) is 16.6. The van der Waals surface area contributed by atoms with Gasteiger partial charge in [0.15, 0.2) is 0 Å². The number of thioether (sulfide) groups is 1. The summed E-state index contributed by atoms with van der Waals surface area (Å²) in [5.41, 5.74) is 0. The summed E-state index contributed by atoms with van der Waals surface area (Å²) in [6.07, 6.45) is 1.78. The van der Waals surface area contributed by atoms with Crippen molar-refractivity contribution in [3.63, 3.8) is 0 Å². The van der Waals surface area contributed by atoms with Crippen molar-refractivity contribution < 1.29 is 24.3 Å². The molecule has 0 saturated carbocycles. The summed E-state index contributed by atoms with van der Waals surface area (Å²) in [6.45, 7) is 0. The number of hydrogen-bond donors (Lipinski definition) is 3. The van der Waals surface area contributed by atoms with E-state index in [-0.39, 0.29) is 42.6 Å². The van der Waals surface area contributed by atoms with Crippen LogP contribution in [0.3, 0.4) is 0 Å². The van der Waals surface area contributed by atoms with Crippen molar-refractivity contribution >= 4 is 35.6 Å². The Labute approximate surface area is 137 Å². The van der Waals surface area contributed by atoms with Crippen LogP contribution >= 0.6 is 11.8 Å². The summed E-state index contributed by atoms with van der Waals surface area (Å²) in [5.74, 6) is -1.09. The van der Waals surface area contributed by atoms with Gasteiger partial charge in [0.1, 0.15) is 6.04 Å². The van der Waals surface area contributed by atoms with Crippen molar-refractivity contribution in [2.45, 2.75) is 55.5 Å². The van der Waals surface area contributed by atoms with E-state index in [1.165, 1.54) is 0 Å². The molecular formula is C14H19N3O5S. The molecule has 0 aromatic heterocycles. The van der Waals surface area contributed by atoms with Crippen LogP contribution in [0.5, 0.6) is 0 Å². The quantitative estimate of drug-likeness (QED) is 0.460. The van der Waals surface area contributed by atoms with Crippen LogP contribution in [0, 0.1) is 0 Å². The molecule has 2 unspecified atom stereocenters. The molecule has 3 aliphatic heterocycles. The number of nitrogens with zero attached hydrogens (tertiary/aromatic N) is 1. The number of aliphatic carboxylic acids is 1. The van der Waals surface area contributed by atoms with Gasteiger partial charge in [-0.3, -0.25) is 14.5 Å². The molecule has 3 saturated heterocycles. The number of nitrogens with one attached hydrogen (secondary N) is 2. The van der Waals surface area contributed by atoms with E-state index in [0.717, 1.165) is 17.1 Å². The molecule has 9 heteroatoms. The molecule has 3 rings (SSSR count). The largest absolute Gasteiger partial charge is 0.480 e. The van der Waals surface area contributed by atoms with Gasteiger partial charge < -0.3 is 15.7 Å². The summed E-state index contributed by atoms with van der Waals surface area (Å²) in [4.78, 5) is 47.1. The number of carboxylic acids is 1. The lowest BCUT2D eigenvalue weighted by Gasteiger charge is -2.23. The minimum Gasteiger partial charge on any atom is -0.480 e. The predicted molar refractivity (Wildman–Crippen MR) is 81.9 cm³/mol. The average molecular weight is 341 g/mol. The van der Waals surface area contributed by atoms with Crippen molar-refractivity contribution in [2.75, 3.05) is 5.75 Å². The number of amides is 4. The molecule has 0 bridgehead atoms. The molecule has 3 heterocycles. The van der Waals surface area contributed by atoms with Gasteiger partial charge in [0, 0.05) is 23.8 Å². The van der Waals surface area contributed by atoms with Crippen LogP contribution in [0.1, 0.15) is 32.1 Å². The van der Waals surface area contributed by atoms with E-state index in [1.54, 1.807) is 11.8 Å². The highest BCUT2D eigenvalue weighted by Crippen LogP contribution is 2.33. The fraction of sp³-hybridized carbons (Fsp3) is 0.714. The van der Waals surface area contributed by atoms with Gasteiger partial charge in [0.2, 0.25) is 11.8 Å². The highest BCUT2D eigenvalue weighted by molar-refractivity contribution is 8.00. The number of carboxylic acid groups (broad SMARTS) is 1. The van der Waals surface area contributed by atoms with E-state index >= 15 is 0 Å². The predicted octanol–water partition coefficient (Wildman–Crippen LogP) is -0.0757. The first kappa shape index (κ1) is 16.1. The third-order valence-electron chi connectivity index (χ3n) is 4.59. The highest BCUT2D eigenvalue weighted by Gasteiger charge is 2.43. The van der Waals surface area contributed by atoms with Crippen molar-refractivity contribution in [3.8, 4) is 0 Å². The third-order valence-corrected chi connectivity index (χ3v) is 6.10. The summed E-state index contributed by atoms with van der Waals surface area (Å²) in [7, 11) is 0. The van der Waals surface area contributed by atoms with Gasteiger partial charge in [-0.2, -0.15) is 11.8 Å². The lowest BCUT2D eigenvalue weighted by molar-refractivity contribution is -0.154. The van der Waals surface area contributed by atoms with Crippen molar-refractivity contribution in [1.82, 2.24) is 15.5 Å². The van der Waals surface area contributed by atoms with E-state index < -0.39 is 23.8 Å². The van der Waals surface area contributed by atoms with E-state index in [4.69, 9.17) is 0 Å². The smallest absolute Gasteiger partial charge is 0.326 e. The van der Waals surface area contributed by atoms with Crippen LogP contribution in [-0.4, -0.2) is 62.9 Å².